The van der Waals surface area contributed by atoms with E-state index in [1.165, 1.54) is 7.11 Å². The molecule has 1 N–H and O–H groups in total. The van der Waals surface area contributed by atoms with Gasteiger partial charge in [0.05, 0.1) is 19.2 Å². The van der Waals surface area contributed by atoms with Gasteiger partial charge in [-0.3, -0.25) is 9.78 Å². The molecule has 0 bridgehead atoms. The van der Waals surface area contributed by atoms with Gasteiger partial charge in [0.2, 0.25) is 0 Å². The first kappa shape index (κ1) is 18.4. The minimum atomic E-state index is -0.361. The van der Waals surface area contributed by atoms with Crippen LogP contribution in [-0.4, -0.2) is 42.1 Å². The smallest absolute Gasteiger partial charge is 0.409 e. The summed E-state index contributed by atoms with van der Waals surface area (Å²) in [5.74, 6) is -0.127. The molecule has 0 saturated heterocycles. The SMILES string of the molecule is COC(=O)N1CCc2c(cncc2C(=O)NCCc2ccc(Br)cc2)C1. The Morgan fingerprint density at radius 3 is 2.77 bits per heavy atom. The van der Waals surface area contributed by atoms with E-state index in [9.17, 15) is 9.59 Å². The number of carbonyl (C=O) groups excluding carboxylic acids is 2. The highest BCUT2D eigenvalue weighted by Crippen LogP contribution is 2.22. The van der Waals surface area contributed by atoms with E-state index < -0.39 is 0 Å². The number of rotatable bonds is 4. The first-order chi connectivity index (χ1) is 12.6. The highest BCUT2D eigenvalue weighted by Gasteiger charge is 2.25. The van der Waals surface area contributed by atoms with Crippen LogP contribution in [0.4, 0.5) is 4.79 Å². The topological polar surface area (TPSA) is 71.5 Å². The summed E-state index contributed by atoms with van der Waals surface area (Å²) in [7, 11) is 1.37. The minimum Gasteiger partial charge on any atom is -0.453 e. The average molecular weight is 418 g/mol. The normalized spacial score (nSPS) is 13.1. The van der Waals surface area contributed by atoms with Crippen LogP contribution in [0.1, 0.15) is 27.0 Å². The molecule has 0 fully saturated rings. The second kappa shape index (κ2) is 8.31. The molecule has 3 rings (SSSR count). The first-order valence-electron chi connectivity index (χ1n) is 8.39. The number of hydrogen-bond acceptors (Lipinski definition) is 4. The number of aromatic nitrogens is 1. The molecule has 0 radical (unpaired) electrons. The lowest BCUT2D eigenvalue weighted by Crippen LogP contribution is -2.37. The van der Waals surface area contributed by atoms with E-state index in [4.69, 9.17) is 4.74 Å². The van der Waals surface area contributed by atoms with Crippen LogP contribution in [0.3, 0.4) is 0 Å². The molecule has 1 aliphatic rings. The predicted molar refractivity (Wildman–Crippen MR) is 101 cm³/mol. The molecule has 1 aromatic heterocycles. The van der Waals surface area contributed by atoms with Crippen LogP contribution in [-0.2, 0) is 24.1 Å². The Morgan fingerprint density at radius 1 is 1.27 bits per heavy atom. The summed E-state index contributed by atoms with van der Waals surface area (Å²) in [6.07, 6.45) is 4.32. The van der Waals surface area contributed by atoms with Gasteiger partial charge in [0.15, 0.2) is 0 Å². The summed E-state index contributed by atoms with van der Waals surface area (Å²) >= 11 is 3.41. The fraction of sp³-hybridized carbons (Fsp3) is 0.316. The molecule has 0 atom stereocenters. The number of nitrogens with one attached hydrogen (secondary N) is 1. The molecular weight excluding hydrogens is 398 g/mol. The lowest BCUT2D eigenvalue weighted by atomic mass is 9.97. The molecule has 1 aromatic carbocycles. The minimum absolute atomic E-state index is 0.127. The van der Waals surface area contributed by atoms with Crippen LogP contribution in [0, 0.1) is 0 Å². The summed E-state index contributed by atoms with van der Waals surface area (Å²) in [5, 5.41) is 2.96. The largest absolute Gasteiger partial charge is 0.453 e. The fourth-order valence-electron chi connectivity index (χ4n) is 3.04. The van der Waals surface area contributed by atoms with Crippen molar-refractivity contribution in [3.05, 3.63) is 63.4 Å². The molecule has 2 heterocycles. The number of fused-ring (bicyclic) bond motifs is 1. The molecule has 136 valence electrons. The van der Waals surface area contributed by atoms with E-state index in [2.05, 4.69) is 26.2 Å². The van der Waals surface area contributed by atoms with Crippen molar-refractivity contribution in [2.24, 2.45) is 0 Å². The van der Waals surface area contributed by atoms with Crippen molar-refractivity contribution in [3.8, 4) is 0 Å². The third-order valence-electron chi connectivity index (χ3n) is 4.43. The van der Waals surface area contributed by atoms with Crippen LogP contribution in [0.5, 0.6) is 0 Å². The van der Waals surface area contributed by atoms with Crippen molar-refractivity contribution < 1.29 is 14.3 Å². The Labute approximate surface area is 160 Å². The first-order valence-corrected chi connectivity index (χ1v) is 9.19. The number of pyridine rings is 1. The zero-order valence-electron chi connectivity index (χ0n) is 14.5. The second-order valence-electron chi connectivity index (χ2n) is 6.10. The highest BCUT2D eigenvalue weighted by atomic mass is 79.9. The van der Waals surface area contributed by atoms with Gasteiger partial charge >= 0.3 is 6.09 Å². The maximum absolute atomic E-state index is 12.6. The third-order valence-corrected chi connectivity index (χ3v) is 4.96. The standard InChI is InChI=1S/C19H20BrN3O3/c1-26-19(25)23-9-7-16-14(12-23)10-21-11-17(16)18(24)22-8-6-13-2-4-15(20)5-3-13/h2-5,10-11H,6-9,12H2,1H3,(H,22,24). The zero-order valence-corrected chi connectivity index (χ0v) is 16.1. The van der Waals surface area contributed by atoms with Crippen LogP contribution >= 0.6 is 15.9 Å². The van der Waals surface area contributed by atoms with E-state index in [1.807, 2.05) is 24.3 Å². The van der Waals surface area contributed by atoms with Gasteiger partial charge in [-0.05, 0) is 41.7 Å². The Balaban J connectivity index is 1.63. The molecule has 0 saturated carbocycles. The maximum Gasteiger partial charge on any atom is 0.409 e. The quantitative estimate of drug-likeness (QED) is 0.829. The average Bonchev–Trinajstić information content (AvgIpc) is 2.67. The summed E-state index contributed by atoms with van der Waals surface area (Å²) < 4.78 is 5.80. The molecule has 1 aliphatic heterocycles. The Bertz CT molecular complexity index is 808. The van der Waals surface area contributed by atoms with E-state index in [0.29, 0.717) is 31.6 Å². The van der Waals surface area contributed by atoms with Gasteiger partial charge in [-0.1, -0.05) is 28.1 Å². The van der Waals surface area contributed by atoms with Crippen LogP contribution in [0.25, 0.3) is 0 Å². The second-order valence-corrected chi connectivity index (χ2v) is 7.01. The van der Waals surface area contributed by atoms with Gasteiger partial charge in [-0.15, -0.1) is 0 Å². The maximum atomic E-state index is 12.6. The number of amides is 2. The highest BCUT2D eigenvalue weighted by molar-refractivity contribution is 9.10. The number of halogens is 1. The monoisotopic (exact) mass is 417 g/mol. The van der Waals surface area contributed by atoms with E-state index in [-0.39, 0.29) is 12.0 Å². The molecular formula is C19H20BrN3O3. The zero-order chi connectivity index (χ0) is 18.5. The van der Waals surface area contributed by atoms with Crippen molar-refractivity contribution >= 4 is 27.9 Å². The number of methoxy groups -OCH3 is 1. The molecule has 6 nitrogen and oxygen atoms in total. The van der Waals surface area contributed by atoms with Crippen molar-refractivity contribution in [1.82, 2.24) is 15.2 Å². The number of hydrogen-bond donors (Lipinski definition) is 1. The van der Waals surface area contributed by atoms with Gasteiger partial charge in [-0.25, -0.2) is 4.79 Å². The summed E-state index contributed by atoms with van der Waals surface area (Å²) in [5.41, 5.74) is 3.60. The Kier molecular flexibility index (Phi) is 5.88. The molecule has 2 aromatic rings. The molecule has 26 heavy (non-hydrogen) atoms. The van der Waals surface area contributed by atoms with Crippen LogP contribution in [0.15, 0.2) is 41.1 Å². The summed E-state index contributed by atoms with van der Waals surface area (Å²) in [6.45, 7) is 1.50. The lowest BCUT2D eigenvalue weighted by Gasteiger charge is -2.28. The Hall–Kier alpha value is -2.41. The number of carbonyl (C=O) groups is 2. The molecule has 0 aliphatic carbocycles. The van der Waals surface area contributed by atoms with Gasteiger partial charge in [-0.2, -0.15) is 0 Å². The van der Waals surface area contributed by atoms with Gasteiger partial charge in [0, 0.05) is 30.0 Å². The number of benzene rings is 1. The molecule has 2 amide bonds. The van der Waals surface area contributed by atoms with E-state index in [1.54, 1.807) is 17.3 Å². The van der Waals surface area contributed by atoms with Crippen molar-refractivity contribution in [2.45, 2.75) is 19.4 Å². The number of ether oxygens (including phenoxy) is 1. The van der Waals surface area contributed by atoms with Gasteiger partial charge < -0.3 is 15.0 Å². The Morgan fingerprint density at radius 2 is 2.04 bits per heavy atom. The van der Waals surface area contributed by atoms with Crippen LogP contribution < -0.4 is 5.32 Å². The molecule has 7 heteroatoms. The molecule has 0 unspecified atom stereocenters. The van der Waals surface area contributed by atoms with Crippen molar-refractivity contribution in [3.63, 3.8) is 0 Å². The predicted octanol–water partition coefficient (Wildman–Crippen LogP) is 2.94. The van der Waals surface area contributed by atoms with Gasteiger partial charge in [0.1, 0.15) is 0 Å². The third kappa shape index (κ3) is 4.22. The van der Waals surface area contributed by atoms with Crippen molar-refractivity contribution in [1.29, 1.82) is 0 Å². The number of nitrogens with zero attached hydrogens (tertiary/aromatic N) is 2. The van der Waals surface area contributed by atoms with E-state index >= 15 is 0 Å². The van der Waals surface area contributed by atoms with Crippen molar-refractivity contribution in [2.75, 3.05) is 20.2 Å². The fourth-order valence-corrected chi connectivity index (χ4v) is 3.31. The summed E-state index contributed by atoms with van der Waals surface area (Å²) in [4.78, 5) is 30.0. The van der Waals surface area contributed by atoms with E-state index in [0.717, 1.165) is 27.6 Å². The van der Waals surface area contributed by atoms with Gasteiger partial charge in [0.25, 0.3) is 5.91 Å². The van der Waals surface area contributed by atoms with Crippen LogP contribution in [0.2, 0.25) is 0 Å². The lowest BCUT2D eigenvalue weighted by molar-refractivity contribution is 0.0951. The molecule has 0 spiro atoms. The summed E-state index contributed by atoms with van der Waals surface area (Å²) in [6, 6.07) is 8.04.